The van der Waals surface area contributed by atoms with E-state index in [0.29, 0.717) is 24.9 Å². The molecule has 3 nitrogen and oxygen atoms in total. The number of hydrogen-bond donors (Lipinski definition) is 2. The molecule has 0 aromatic heterocycles. The van der Waals surface area contributed by atoms with Gasteiger partial charge >= 0.3 is 6.03 Å². The van der Waals surface area contributed by atoms with Crippen molar-refractivity contribution in [2.75, 3.05) is 13.1 Å². The Labute approximate surface area is 132 Å². The Morgan fingerprint density at radius 3 is 1.50 bits per heavy atom. The molecule has 3 heteroatoms. The van der Waals surface area contributed by atoms with Crippen LogP contribution >= 0.6 is 0 Å². The first-order valence-corrected chi connectivity index (χ1v) is 7.78. The summed E-state index contributed by atoms with van der Waals surface area (Å²) in [5.74, 6) is 0.608. The second-order valence-electron chi connectivity index (χ2n) is 5.71. The Balaban J connectivity index is 1.72. The molecule has 0 aliphatic carbocycles. The molecule has 2 amide bonds. The zero-order valence-electron chi connectivity index (χ0n) is 13.3. The van der Waals surface area contributed by atoms with Crippen molar-refractivity contribution in [3.63, 3.8) is 0 Å². The van der Waals surface area contributed by atoms with E-state index in [9.17, 15) is 4.79 Å². The molecule has 0 saturated heterocycles. The molecule has 0 bridgehead atoms. The molecule has 2 N–H and O–H groups in total. The number of carbonyl (C=O) groups is 1. The van der Waals surface area contributed by atoms with E-state index < -0.39 is 0 Å². The summed E-state index contributed by atoms with van der Waals surface area (Å²) in [6.07, 6.45) is 0. The summed E-state index contributed by atoms with van der Waals surface area (Å²) in [6, 6.07) is 20.3. The summed E-state index contributed by atoms with van der Waals surface area (Å²) in [6.45, 7) is 5.50. The van der Waals surface area contributed by atoms with Crippen LogP contribution in [-0.2, 0) is 0 Å². The van der Waals surface area contributed by atoms with Crippen molar-refractivity contribution in [1.82, 2.24) is 10.6 Å². The van der Waals surface area contributed by atoms with Crippen LogP contribution in [0.4, 0.5) is 4.79 Å². The topological polar surface area (TPSA) is 41.1 Å². The molecular formula is C19H24N2O. The quantitative estimate of drug-likeness (QED) is 0.834. The molecule has 116 valence electrons. The van der Waals surface area contributed by atoms with E-state index in [2.05, 4.69) is 48.7 Å². The second kappa shape index (κ2) is 8.23. The van der Waals surface area contributed by atoms with Crippen molar-refractivity contribution in [1.29, 1.82) is 0 Å². The van der Waals surface area contributed by atoms with Crippen LogP contribution in [0.15, 0.2) is 60.7 Å². The zero-order chi connectivity index (χ0) is 15.8. The van der Waals surface area contributed by atoms with Gasteiger partial charge in [0.25, 0.3) is 0 Å². The van der Waals surface area contributed by atoms with E-state index in [-0.39, 0.29) is 6.03 Å². The first kappa shape index (κ1) is 16.1. The van der Waals surface area contributed by atoms with Gasteiger partial charge in [-0.05, 0) is 23.0 Å². The van der Waals surface area contributed by atoms with Crippen LogP contribution in [0.5, 0.6) is 0 Å². The number of rotatable bonds is 6. The third-order valence-corrected chi connectivity index (χ3v) is 3.87. The Morgan fingerprint density at radius 1 is 0.773 bits per heavy atom. The van der Waals surface area contributed by atoms with E-state index in [0.717, 1.165) is 0 Å². The molecule has 0 saturated carbocycles. The first-order chi connectivity index (χ1) is 10.7. The molecule has 0 aliphatic rings. The van der Waals surface area contributed by atoms with E-state index in [1.807, 2.05) is 36.4 Å². The van der Waals surface area contributed by atoms with E-state index in [4.69, 9.17) is 0 Å². The molecule has 2 aromatic carbocycles. The van der Waals surface area contributed by atoms with Crippen molar-refractivity contribution < 1.29 is 4.79 Å². The fourth-order valence-corrected chi connectivity index (χ4v) is 2.35. The van der Waals surface area contributed by atoms with Crippen LogP contribution in [-0.4, -0.2) is 19.1 Å². The van der Waals surface area contributed by atoms with Crippen LogP contribution in [0, 0.1) is 0 Å². The maximum Gasteiger partial charge on any atom is 0.314 e. The van der Waals surface area contributed by atoms with Gasteiger partial charge in [0.15, 0.2) is 0 Å². The second-order valence-corrected chi connectivity index (χ2v) is 5.71. The number of hydrogen-bond acceptors (Lipinski definition) is 1. The molecule has 0 heterocycles. The number of carbonyl (C=O) groups excluding carboxylic acids is 1. The maximum absolute atomic E-state index is 11.9. The van der Waals surface area contributed by atoms with Crippen LogP contribution < -0.4 is 10.6 Å². The number of amides is 2. The highest BCUT2D eigenvalue weighted by molar-refractivity contribution is 5.73. The van der Waals surface area contributed by atoms with Gasteiger partial charge in [-0.1, -0.05) is 74.5 Å². The van der Waals surface area contributed by atoms with Gasteiger partial charge in [0.1, 0.15) is 0 Å². The minimum Gasteiger partial charge on any atom is -0.338 e. The average molecular weight is 296 g/mol. The van der Waals surface area contributed by atoms with Gasteiger partial charge in [0.05, 0.1) is 0 Å². The van der Waals surface area contributed by atoms with Crippen LogP contribution in [0.2, 0.25) is 0 Å². The van der Waals surface area contributed by atoms with Gasteiger partial charge in [-0.15, -0.1) is 0 Å². The summed E-state index contributed by atoms with van der Waals surface area (Å²) in [5, 5.41) is 5.88. The van der Waals surface area contributed by atoms with E-state index in [1.54, 1.807) is 0 Å². The largest absolute Gasteiger partial charge is 0.338 e. The Kier molecular flexibility index (Phi) is 6.01. The number of urea groups is 1. The van der Waals surface area contributed by atoms with Gasteiger partial charge in [-0.2, -0.15) is 0 Å². The third kappa shape index (κ3) is 4.92. The van der Waals surface area contributed by atoms with Crippen molar-refractivity contribution in [2.45, 2.75) is 25.7 Å². The summed E-state index contributed by atoms with van der Waals surface area (Å²) in [7, 11) is 0. The Bertz CT molecular complexity index is 517. The van der Waals surface area contributed by atoms with Gasteiger partial charge in [0, 0.05) is 13.1 Å². The highest BCUT2D eigenvalue weighted by Crippen LogP contribution is 2.14. The predicted octanol–water partition coefficient (Wildman–Crippen LogP) is 3.89. The molecular weight excluding hydrogens is 272 g/mol. The lowest BCUT2D eigenvalue weighted by atomic mass is 10.0. The smallest absolute Gasteiger partial charge is 0.314 e. The normalized spacial score (nSPS) is 13.2. The summed E-state index contributed by atoms with van der Waals surface area (Å²) in [5.41, 5.74) is 2.47. The van der Waals surface area contributed by atoms with Gasteiger partial charge in [-0.25, -0.2) is 4.79 Å². The zero-order valence-corrected chi connectivity index (χ0v) is 13.3. The van der Waals surface area contributed by atoms with Crippen molar-refractivity contribution in [3.05, 3.63) is 71.8 Å². The molecule has 2 atom stereocenters. The molecule has 0 unspecified atom stereocenters. The molecule has 0 aliphatic heterocycles. The number of nitrogens with one attached hydrogen (secondary N) is 2. The number of benzene rings is 2. The van der Waals surface area contributed by atoms with Crippen molar-refractivity contribution >= 4 is 6.03 Å². The van der Waals surface area contributed by atoms with Crippen molar-refractivity contribution in [2.24, 2.45) is 0 Å². The van der Waals surface area contributed by atoms with Gasteiger partial charge in [0.2, 0.25) is 0 Å². The lowest BCUT2D eigenvalue weighted by Crippen LogP contribution is -2.39. The lowest BCUT2D eigenvalue weighted by Gasteiger charge is -2.16. The maximum atomic E-state index is 11.9. The SMILES string of the molecule is C[C@@H](CNC(=O)NC[C@H](C)c1ccccc1)c1ccccc1. The van der Waals surface area contributed by atoms with E-state index in [1.165, 1.54) is 11.1 Å². The highest BCUT2D eigenvalue weighted by Gasteiger charge is 2.09. The molecule has 0 radical (unpaired) electrons. The van der Waals surface area contributed by atoms with Crippen LogP contribution in [0.25, 0.3) is 0 Å². The van der Waals surface area contributed by atoms with Gasteiger partial charge < -0.3 is 10.6 Å². The van der Waals surface area contributed by atoms with Gasteiger partial charge in [-0.3, -0.25) is 0 Å². The molecule has 0 spiro atoms. The molecule has 2 rings (SSSR count). The lowest BCUT2D eigenvalue weighted by molar-refractivity contribution is 0.240. The van der Waals surface area contributed by atoms with Crippen LogP contribution in [0.3, 0.4) is 0 Å². The standard InChI is InChI=1S/C19H24N2O/c1-15(17-9-5-3-6-10-17)13-20-19(22)21-14-16(2)18-11-7-4-8-12-18/h3-12,15-16H,13-14H2,1-2H3,(H2,20,21,22)/t15-,16-/m0/s1. The summed E-state index contributed by atoms with van der Waals surface area (Å²) in [4.78, 5) is 11.9. The fraction of sp³-hybridized carbons (Fsp3) is 0.316. The fourth-order valence-electron chi connectivity index (χ4n) is 2.35. The first-order valence-electron chi connectivity index (χ1n) is 7.78. The minimum atomic E-state index is -0.106. The summed E-state index contributed by atoms with van der Waals surface area (Å²) < 4.78 is 0. The average Bonchev–Trinajstić information content (AvgIpc) is 2.59. The van der Waals surface area contributed by atoms with Crippen molar-refractivity contribution in [3.8, 4) is 0 Å². The Hall–Kier alpha value is -2.29. The monoisotopic (exact) mass is 296 g/mol. The third-order valence-electron chi connectivity index (χ3n) is 3.87. The minimum absolute atomic E-state index is 0.106. The Morgan fingerprint density at radius 2 is 1.14 bits per heavy atom. The molecule has 0 fully saturated rings. The van der Waals surface area contributed by atoms with E-state index >= 15 is 0 Å². The predicted molar refractivity (Wildman–Crippen MR) is 91.1 cm³/mol. The van der Waals surface area contributed by atoms with Crippen LogP contribution in [0.1, 0.15) is 36.8 Å². The molecule has 22 heavy (non-hydrogen) atoms. The highest BCUT2D eigenvalue weighted by atomic mass is 16.2. The summed E-state index contributed by atoms with van der Waals surface area (Å²) >= 11 is 0. The molecule has 2 aromatic rings.